The molecule has 4 aromatic rings. The molecule has 0 fully saturated rings. The summed E-state index contributed by atoms with van der Waals surface area (Å²) in [6.45, 7) is 0. The molecular weight excluding hydrogens is 392 g/mol. The SMILES string of the molecule is CS(=O)(=O)Nc1ccc(-c2ccnc(Nc3ccc(-n4cnnn4)cc3)n2)cc1. The third-order valence-corrected chi connectivity index (χ3v) is 4.48. The monoisotopic (exact) mass is 408 g/mol. The lowest BCUT2D eigenvalue weighted by molar-refractivity contribution is 0.607. The first-order valence-corrected chi connectivity index (χ1v) is 10.4. The minimum absolute atomic E-state index is 0.441. The Balaban J connectivity index is 1.50. The minimum atomic E-state index is -3.31. The first-order chi connectivity index (χ1) is 14.0. The fourth-order valence-corrected chi connectivity index (χ4v) is 3.17. The van der Waals surface area contributed by atoms with Crippen molar-refractivity contribution in [3.63, 3.8) is 0 Å². The van der Waals surface area contributed by atoms with E-state index in [1.807, 2.05) is 24.3 Å². The van der Waals surface area contributed by atoms with E-state index < -0.39 is 10.0 Å². The maximum absolute atomic E-state index is 11.3. The van der Waals surface area contributed by atoms with E-state index in [2.05, 4.69) is 35.5 Å². The van der Waals surface area contributed by atoms with Crippen LogP contribution in [0.25, 0.3) is 16.9 Å². The molecule has 0 aliphatic heterocycles. The summed E-state index contributed by atoms with van der Waals surface area (Å²) >= 11 is 0. The average Bonchev–Trinajstić information content (AvgIpc) is 3.23. The third kappa shape index (κ3) is 4.71. The predicted octanol–water partition coefficient (Wildman–Crippen LogP) is 2.23. The van der Waals surface area contributed by atoms with Crippen molar-refractivity contribution in [1.82, 2.24) is 30.2 Å². The molecule has 0 saturated carbocycles. The standard InChI is InChI=1S/C18H16N8O2S/c1-29(27,28)23-15-4-2-13(3-5-15)17-10-11-19-18(22-17)21-14-6-8-16(9-7-14)26-12-20-24-25-26/h2-12,23H,1H3,(H,19,21,22). The second-order valence-corrected chi connectivity index (χ2v) is 7.89. The van der Waals surface area contributed by atoms with Gasteiger partial charge in [0, 0.05) is 23.1 Å². The predicted molar refractivity (Wildman–Crippen MR) is 108 cm³/mol. The topological polar surface area (TPSA) is 128 Å². The van der Waals surface area contributed by atoms with Crippen LogP contribution in [0.15, 0.2) is 67.1 Å². The van der Waals surface area contributed by atoms with E-state index in [0.29, 0.717) is 17.3 Å². The lowest BCUT2D eigenvalue weighted by atomic mass is 10.1. The molecule has 0 unspecified atom stereocenters. The van der Waals surface area contributed by atoms with Crippen LogP contribution in [0.1, 0.15) is 0 Å². The van der Waals surface area contributed by atoms with Crippen molar-refractivity contribution in [3.8, 4) is 16.9 Å². The van der Waals surface area contributed by atoms with Crippen molar-refractivity contribution >= 4 is 27.3 Å². The second-order valence-electron chi connectivity index (χ2n) is 6.14. The van der Waals surface area contributed by atoms with Gasteiger partial charge in [0.25, 0.3) is 0 Å². The number of benzene rings is 2. The molecule has 4 rings (SSSR count). The normalized spacial score (nSPS) is 11.2. The van der Waals surface area contributed by atoms with Crippen LogP contribution in [0.4, 0.5) is 17.3 Å². The van der Waals surface area contributed by atoms with Gasteiger partial charge in [-0.25, -0.2) is 23.1 Å². The largest absolute Gasteiger partial charge is 0.324 e. The van der Waals surface area contributed by atoms with Crippen LogP contribution < -0.4 is 10.0 Å². The highest BCUT2D eigenvalue weighted by Crippen LogP contribution is 2.22. The van der Waals surface area contributed by atoms with Crippen LogP contribution in [-0.4, -0.2) is 44.8 Å². The smallest absolute Gasteiger partial charge is 0.229 e. The van der Waals surface area contributed by atoms with Crippen LogP contribution in [0.3, 0.4) is 0 Å². The van der Waals surface area contributed by atoms with Gasteiger partial charge in [0.05, 0.1) is 17.6 Å². The Morgan fingerprint density at radius 1 is 0.931 bits per heavy atom. The van der Waals surface area contributed by atoms with E-state index >= 15 is 0 Å². The molecule has 0 aliphatic rings. The highest BCUT2D eigenvalue weighted by molar-refractivity contribution is 7.92. The van der Waals surface area contributed by atoms with Crippen molar-refractivity contribution in [1.29, 1.82) is 0 Å². The van der Waals surface area contributed by atoms with E-state index in [1.54, 1.807) is 41.2 Å². The van der Waals surface area contributed by atoms with Gasteiger partial charge in [0.1, 0.15) is 6.33 Å². The zero-order chi connectivity index (χ0) is 20.3. The van der Waals surface area contributed by atoms with E-state index in [-0.39, 0.29) is 0 Å². The van der Waals surface area contributed by atoms with E-state index in [1.165, 1.54) is 6.33 Å². The highest BCUT2D eigenvalue weighted by atomic mass is 32.2. The number of sulfonamides is 1. The summed E-state index contributed by atoms with van der Waals surface area (Å²) in [5.41, 5.74) is 3.68. The van der Waals surface area contributed by atoms with Gasteiger partial charge in [-0.1, -0.05) is 12.1 Å². The molecule has 29 heavy (non-hydrogen) atoms. The van der Waals surface area contributed by atoms with E-state index in [4.69, 9.17) is 0 Å². The molecule has 10 nitrogen and oxygen atoms in total. The molecule has 0 spiro atoms. The number of hydrogen-bond acceptors (Lipinski definition) is 8. The first kappa shape index (κ1) is 18.5. The van der Waals surface area contributed by atoms with Crippen molar-refractivity contribution < 1.29 is 8.42 Å². The zero-order valence-electron chi connectivity index (χ0n) is 15.3. The quantitative estimate of drug-likeness (QED) is 0.497. The van der Waals surface area contributed by atoms with Gasteiger partial charge in [-0.05, 0) is 52.9 Å². The maximum atomic E-state index is 11.3. The summed E-state index contributed by atoms with van der Waals surface area (Å²) in [6, 6.07) is 16.2. The first-order valence-electron chi connectivity index (χ1n) is 8.48. The van der Waals surface area contributed by atoms with Crippen LogP contribution in [0, 0.1) is 0 Å². The van der Waals surface area contributed by atoms with Crippen molar-refractivity contribution in [3.05, 3.63) is 67.1 Å². The average molecular weight is 408 g/mol. The Bertz CT molecular complexity index is 1210. The van der Waals surface area contributed by atoms with Gasteiger partial charge < -0.3 is 5.32 Å². The molecule has 0 amide bonds. The fourth-order valence-electron chi connectivity index (χ4n) is 2.61. The molecule has 0 bridgehead atoms. The number of nitrogens with zero attached hydrogens (tertiary/aromatic N) is 6. The lowest BCUT2D eigenvalue weighted by Crippen LogP contribution is -2.09. The number of nitrogens with one attached hydrogen (secondary N) is 2. The lowest BCUT2D eigenvalue weighted by Gasteiger charge is -2.08. The Morgan fingerprint density at radius 3 is 2.31 bits per heavy atom. The Labute approximate surface area is 166 Å². The number of tetrazole rings is 1. The second kappa shape index (κ2) is 7.64. The van der Waals surface area contributed by atoms with Crippen LogP contribution in [0.2, 0.25) is 0 Å². The summed E-state index contributed by atoms with van der Waals surface area (Å²) < 4.78 is 26.6. The maximum Gasteiger partial charge on any atom is 0.229 e. The third-order valence-electron chi connectivity index (χ3n) is 3.88. The van der Waals surface area contributed by atoms with Crippen molar-refractivity contribution in [2.24, 2.45) is 0 Å². The molecular formula is C18H16N8O2S. The minimum Gasteiger partial charge on any atom is -0.324 e. The van der Waals surface area contributed by atoms with E-state index in [9.17, 15) is 8.42 Å². The molecule has 2 aromatic carbocycles. The van der Waals surface area contributed by atoms with Crippen LogP contribution in [-0.2, 0) is 10.0 Å². The number of anilines is 3. The molecule has 2 heterocycles. The molecule has 2 N–H and O–H groups in total. The van der Waals surface area contributed by atoms with Crippen LogP contribution >= 0.6 is 0 Å². The summed E-state index contributed by atoms with van der Waals surface area (Å²) in [6.07, 6.45) is 4.28. The Morgan fingerprint density at radius 2 is 1.66 bits per heavy atom. The van der Waals surface area contributed by atoms with Gasteiger partial charge in [0.2, 0.25) is 16.0 Å². The van der Waals surface area contributed by atoms with Gasteiger partial charge in [-0.15, -0.1) is 5.10 Å². The van der Waals surface area contributed by atoms with Gasteiger partial charge >= 0.3 is 0 Å². The Kier molecular flexibility index (Phi) is 4.87. The van der Waals surface area contributed by atoms with E-state index in [0.717, 1.165) is 23.2 Å². The number of aromatic nitrogens is 6. The fraction of sp³-hybridized carbons (Fsp3) is 0.0556. The summed E-state index contributed by atoms with van der Waals surface area (Å²) in [5.74, 6) is 0.441. The molecule has 11 heteroatoms. The van der Waals surface area contributed by atoms with Gasteiger partial charge in [-0.2, -0.15) is 0 Å². The highest BCUT2D eigenvalue weighted by Gasteiger charge is 2.06. The Hall–Kier alpha value is -3.86. The summed E-state index contributed by atoms with van der Waals surface area (Å²) in [7, 11) is -3.31. The van der Waals surface area contributed by atoms with Crippen molar-refractivity contribution in [2.75, 3.05) is 16.3 Å². The van der Waals surface area contributed by atoms with Crippen LogP contribution in [0.5, 0.6) is 0 Å². The molecule has 0 radical (unpaired) electrons. The number of rotatable bonds is 6. The molecule has 0 atom stereocenters. The molecule has 2 aromatic heterocycles. The zero-order valence-corrected chi connectivity index (χ0v) is 16.1. The van der Waals surface area contributed by atoms with Gasteiger partial charge in [-0.3, -0.25) is 4.72 Å². The molecule has 146 valence electrons. The van der Waals surface area contributed by atoms with Gasteiger partial charge in [0.15, 0.2) is 0 Å². The molecule has 0 saturated heterocycles. The summed E-state index contributed by atoms with van der Waals surface area (Å²) in [5, 5.41) is 14.2. The summed E-state index contributed by atoms with van der Waals surface area (Å²) in [4.78, 5) is 8.76. The molecule has 0 aliphatic carbocycles. The van der Waals surface area contributed by atoms with Crippen molar-refractivity contribution in [2.45, 2.75) is 0 Å². The number of hydrogen-bond donors (Lipinski definition) is 2.